The molecule has 1 saturated heterocycles. The van der Waals surface area contributed by atoms with Gasteiger partial charge in [-0.2, -0.15) is 4.31 Å². The van der Waals surface area contributed by atoms with E-state index in [1.165, 1.54) is 16.6 Å². The van der Waals surface area contributed by atoms with Gasteiger partial charge in [0, 0.05) is 24.2 Å². The van der Waals surface area contributed by atoms with Crippen LogP contribution in [0.3, 0.4) is 0 Å². The number of piperidine rings is 1. The average molecular weight is 350 g/mol. The topological polar surface area (TPSA) is 101 Å². The van der Waals surface area contributed by atoms with Gasteiger partial charge in [0.15, 0.2) is 5.76 Å². The van der Waals surface area contributed by atoms with Crippen LogP contribution in [0.4, 0.5) is 0 Å². The molecule has 1 fully saturated rings. The molecule has 24 heavy (non-hydrogen) atoms. The Morgan fingerprint density at radius 1 is 1.33 bits per heavy atom. The summed E-state index contributed by atoms with van der Waals surface area (Å²) in [6.07, 6.45) is 2.44. The van der Waals surface area contributed by atoms with E-state index < -0.39 is 28.0 Å². The number of sulfonamides is 1. The van der Waals surface area contributed by atoms with E-state index in [0.29, 0.717) is 30.7 Å². The maximum Gasteiger partial charge on any atom is 0.308 e. The summed E-state index contributed by atoms with van der Waals surface area (Å²) in [4.78, 5) is 11.5. The molecule has 0 bridgehead atoms. The molecule has 2 aromatic rings. The van der Waals surface area contributed by atoms with Crippen molar-refractivity contribution in [2.75, 3.05) is 6.54 Å². The second-order valence-corrected chi connectivity index (χ2v) is 7.68. The Hall–Kier alpha value is -2.19. The fourth-order valence-corrected chi connectivity index (χ4v) is 5.06. The second-order valence-electron chi connectivity index (χ2n) is 5.82. The molecule has 1 aromatic carbocycles. The molecule has 2 heterocycles. The summed E-state index contributed by atoms with van der Waals surface area (Å²) in [7, 11) is -3.85. The van der Waals surface area contributed by atoms with Crippen molar-refractivity contribution < 1.29 is 22.8 Å². The summed E-state index contributed by atoms with van der Waals surface area (Å²) >= 11 is 0. The zero-order chi connectivity index (χ0) is 17.3. The molecule has 1 N–H and O–H groups in total. The minimum Gasteiger partial charge on any atom is -0.481 e. The molecule has 8 heteroatoms. The Labute approximate surface area is 139 Å². The average Bonchev–Trinajstić information content (AvgIpc) is 3.09. The minimum atomic E-state index is -3.85. The predicted molar refractivity (Wildman–Crippen MR) is 85.7 cm³/mol. The lowest BCUT2D eigenvalue weighted by molar-refractivity contribution is -0.144. The van der Waals surface area contributed by atoms with Crippen LogP contribution in [-0.2, 0) is 14.8 Å². The Morgan fingerprint density at radius 2 is 2.08 bits per heavy atom. The van der Waals surface area contributed by atoms with Gasteiger partial charge in [-0.25, -0.2) is 8.42 Å². The Morgan fingerprint density at radius 3 is 2.75 bits per heavy atom. The van der Waals surface area contributed by atoms with E-state index in [1.807, 2.05) is 0 Å². The van der Waals surface area contributed by atoms with E-state index >= 15 is 0 Å². The van der Waals surface area contributed by atoms with Gasteiger partial charge >= 0.3 is 5.97 Å². The fraction of sp³-hybridized carbons (Fsp3) is 0.375. The molecule has 7 nitrogen and oxygen atoms in total. The van der Waals surface area contributed by atoms with Crippen molar-refractivity contribution in [3.63, 3.8) is 0 Å². The first-order valence-electron chi connectivity index (χ1n) is 7.67. The zero-order valence-electron chi connectivity index (χ0n) is 13.1. The molecule has 1 aromatic heterocycles. The SMILES string of the molecule is C[C@@H]1[C@H](C(=O)O)CCCN1S(=O)(=O)c1ccccc1-c1ccno1. The van der Waals surface area contributed by atoms with Gasteiger partial charge in [-0.15, -0.1) is 0 Å². The Bertz CT molecular complexity index is 832. The number of hydrogen-bond donors (Lipinski definition) is 1. The number of carbonyl (C=O) groups is 1. The quantitative estimate of drug-likeness (QED) is 0.907. The van der Waals surface area contributed by atoms with Gasteiger partial charge in [0.25, 0.3) is 0 Å². The number of hydrogen-bond acceptors (Lipinski definition) is 5. The first-order valence-corrected chi connectivity index (χ1v) is 9.11. The van der Waals surface area contributed by atoms with E-state index in [1.54, 1.807) is 31.2 Å². The molecule has 0 saturated carbocycles. The lowest BCUT2D eigenvalue weighted by Crippen LogP contribution is -2.49. The standard InChI is InChI=1S/C16H18N2O5S/c1-11-12(16(19)20)6-4-10-18(11)24(21,22)15-7-3-2-5-13(15)14-8-9-17-23-14/h2-3,5,7-9,11-12H,4,6,10H2,1H3,(H,19,20)/t11-,12-/m1/s1. The van der Waals surface area contributed by atoms with E-state index in [0.717, 1.165) is 0 Å². The molecule has 2 atom stereocenters. The van der Waals surface area contributed by atoms with Crippen LogP contribution >= 0.6 is 0 Å². The highest BCUT2D eigenvalue weighted by Gasteiger charge is 2.40. The summed E-state index contributed by atoms with van der Waals surface area (Å²) in [5, 5.41) is 12.9. The van der Waals surface area contributed by atoms with Gasteiger partial charge in [-0.1, -0.05) is 17.3 Å². The van der Waals surface area contributed by atoms with Gasteiger partial charge in [-0.3, -0.25) is 4.79 Å². The maximum atomic E-state index is 13.2. The highest BCUT2D eigenvalue weighted by Crippen LogP contribution is 2.34. The third kappa shape index (κ3) is 2.83. The molecule has 0 amide bonds. The van der Waals surface area contributed by atoms with Crippen molar-refractivity contribution in [2.24, 2.45) is 5.92 Å². The van der Waals surface area contributed by atoms with Gasteiger partial charge in [0.2, 0.25) is 10.0 Å². The molecule has 0 spiro atoms. The van der Waals surface area contributed by atoms with Crippen LogP contribution in [0.1, 0.15) is 19.8 Å². The van der Waals surface area contributed by atoms with Crippen molar-refractivity contribution in [1.29, 1.82) is 0 Å². The summed E-state index contributed by atoms with van der Waals surface area (Å²) in [5.74, 6) is -1.31. The third-order valence-corrected chi connectivity index (χ3v) is 6.47. The molecule has 1 aliphatic heterocycles. The van der Waals surface area contributed by atoms with Gasteiger partial charge < -0.3 is 9.63 Å². The largest absolute Gasteiger partial charge is 0.481 e. The first-order chi connectivity index (χ1) is 11.4. The van der Waals surface area contributed by atoms with Crippen LogP contribution in [-0.4, -0.2) is 41.5 Å². The number of carboxylic acids is 1. The van der Waals surface area contributed by atoms with Crippen molar-refractivity contribution in [3.05, 3.63) is 36.5 Å². The van der Waals surface area contributed by atoms with Crippen molar-refractivity contribution >= 4 is 16.0 Å². The van der Waals surface area contributed by atoms with E-state index in [2.05, 4.69) is 5.16 Å². The van der Waals surface area contributed by atoms with Crippen LogP contribution in [0.2, 0.25) is 0 Å². The summed E-state index contributed by atoms with van der Waals surface area (Å²) in [5.41, 5.74) is 0.416. The fourth-order valence-electron chi connectivity index (χ4n) is 3.16. The normalized spacial score (nSPS) is 22.4. The Kier molecular flexibility index (Phi) is 4.42. The number of aliphatic carboxylic acids is 1. The highest BCUT2D eigenvalue weighted by molar-refractivity contribution is 7.89. The summed E-state index contributed by atoms with van der Waals surface area (Å²) in [6, 6.07) is 7.49. The zero-order valence-corrected chi connectivity index (χ0v) is 13.9. The molecular weight excluding hydrogens is 332 g/mol. The van der Waals surface area contributed by atoms with Gasteiger partial charge in [0.05, 0.1) is 17.0 Å². The maximum absolute atomic E-state index is 13.2. The molecule has 128 valence electrons. The lowest BCUT2D eigenvalue weighted by Gasteiger charge is -2.36. The highest BCUT2D eigenvalue weighted by atomic mass is 32.2. The van der Waals surface area contributed by atoms with Crippen molar-refractivity contribution in [1.82, 2.24) is 9.46 Å². The predicted octanol–water partition coefficient (Wildman–Crippen LogP) is 2.22. The smallest absolute Gasteiger partial charge is 0.308 e. The number of nitrogens with zero attached hydrogens (tertiary/aromatic N) is 2. The van der Waals surface area contributed by atoms with E-state index in [4.69, 9.17) is 4.52 Å². The molecular formula is C16H18N2O5S. The lowest BCUT2D eigenvalue weighted by atomic mass is 9.92. The van der Waals surface area contributed by atoms with Crippen LogP contribution in [0.5, 0.6) is 0 Å². The van der Waals surface area contributed by atoms with Crippen LogP contribution in [0, 0.1) is 5.92 Å². The van der Waals surface area contributed by atoms with E-state index in [9.17, 15) is 18.3 Å². The van der Waals surface area contributed by atoms with Gasteiger partial charge in [0.1, 0.15) is 0 Å². The second kappa shape index (κ2) is 6.37. The van der Waals surface area contributed by atoms with Crippen LogP contribution < -0.4 is 0 Å². The van der Waals surface area contributed by atoms with Crippen LogP contribution in [0.15, 0.2) is 45.9 Å². The summed E-state index contributed by atoms with van der Waals surface area (Å²) in [6.45, 7) is 1.95. The van der Waals surface area contributed by atoms with Crippen LogP contribution in [0.25, 0.3) is 11.3 Å². The molecule has 3 rings (SSSR count). The van der Waals surface area contributed by atoms with E-state index in [-0.39, 0.29) is 4.90 Å². The van der Waals surface area contributed by atoms with Gasteiger partial charge in [-0.05, 0) is 31.9 Å². The molecule has 0 unspecified atom stereocenters. The molecule has 0 aliphatic carbocycles. The number of aromatic nitrogens is 1. The number of rotatable bonds is 4. The molecule has 1 aliphatic rings. The number of carboxylic acid groups (broad SMARTS) is 1. The van der Waals surface area contributed by atoms with Crippen molar-refractivity contribution in [3.8, 4) is 11.3 Å². The minimum absolute atomic E-state index is 0.0969. The number of benzene rings is 1. The summed E-state index contributed by atoms with van der Waals surface area (Å²) < 4.78 is 32.7. The van der Waals surface area contributed by atoms with Crippen molar-refractivity contribution in [2.45, 2.75) is 30.7 Å². The molecule has 0 radical (unpaired) electrons. The Balaban J connectivity index is 2.04. The third-order valence-electron chi connectivity index (χ3n) is 4.42. The first kappa shape index (κ1) is 16.7. The monoisotopic (exact) mass is 350 g/mol.